The summed E-state index contributed by atoms with van der Waals surface area (Å²) < 4.78 is 0. The molecule has 0 radical (unpaired) electrons. The molecule has 1 fully saturated rings. The van der Waals surface area contributed by atoms with Gasteiger partial charge in [-0.25, -0.2) is 0 Å². The van der Waals surface area contributed by atoms with Gasteiger partial charge in [-0.3, -0.25) is 9.59 Å². The Morgan fingerprint density at radius 2 is 2.33 bits per heavy atom. The number of aromatic nitrogens is 1. The minimum atomic E-state index is -0.200. The summed E-state index contributed by atoms with van der Waals surface area (Å²) in [6.45, 7) is 1.76. The van der Waals surface area contributed by atoms with Gasteiger partial charge in [-0.2, -0.15) is 0 Å². The molecule has 3 N–H and O–H groups in total. The molecule has 1 amide bonds. The second kappa shape index (κ2) is 4.27. The summed E-state index contributed by atoms with van der Waals surface area (Å²) in [6.07, 6.45) is 2.38. The summed E-state index contributed by atoms with van der Waals surface area (Å²) >= 11 is 0. The van der Waals surface area contributed by atoms with Gasteiger partial charge in [0, 0.05) is 24.8 Å². The summed E-state index contributed by atoms with van der Waals surface area (Å²) in [4.78, 5) is 24.9. The lowest BCUT2D eigenvalue weighted by Gasteiger charge is -2.10. The fourth-order valence-corrected chi connectivity index (χ4v) is 1.60. The third-order valence-corrected chi connectivity index (χ3v) is 2.44. The molecule has 5 nitrogen and oxygen atoms in total. The van der Waals surface area contributed by atoms with E-state index in [2.05, 4.69) is 15.6 Å². The second-order valence-corrected chi connectivity index (χ2v) is 3.60. The lowest BCUT2D eigenvalue weighted by molar-refractivity contribution is 0.0939. The molecule has 1 aromatic heterocycles. The maximum absolute atomic E-state index is 11.7. The van der Waals surface area contributed by atoms with E-state index in [1.807, 2.05) is 0 Å². The van der Waals surface area contributed by atoms with Crippen molar-refractivity contribution in [1.29, 1.82) is 0 Å². The summed E-state index contributed by atoms with van der Waals surface area (Å²) in [5.74, 6) is -0.139. The molecule has 1 aliphatic rings. The molecule has 0 bridgehead atoms. The monoisotopic (exact) mass is 207 g/mol. The summed E-state index contributed by atoms with van der Waals surface area (Å²) in [7, 11) is 0. The minimum Gasteiger partial charge on any atom is -0.348 e. The SMILES string of the molecule is O=C(NC1CCNC1)c1ccc(=O)[nH]c1. The lowest BCUT2D eigenvalue weighted by atomic mass is 10.2. The highest BCUT2D eigenvalue weighted by Gasteiger charge is 2.17. The molecule has 1 atom stereocenters. The van der Waals surface area contributed by atoms with E-state index in [4.69, 9.17) is 0 Å². The van der Waals surface area contributed by atoms with Crippen LogP contribution in [0.4, 0.5) is 0 Å². The maximum Gasteiger partial charge on any atom is 0.253 e. The first-order chi connectivity index (χ1) is 7.25. The fraction of sp³-hybridized carbons (Fsp3) is 0.400. The van der Waals surface area contributed by atoms with Gasteiger partial charge in [0.15, 0.2) is 0 Å². The summed E-state index contributed by atoms with van der Waals surface area (Å²) in [5, 5.41) is 6.06. The molecule has 0 saturated carbocycles. The second-order valence-electron chi connectivity index (χ2n) is 3.60. The highest BCUT2D eigenvalue weighted by molar-refractivity contribution is 5.94. The fourth-order valence-electron chi connectivity index (χ4n) is 1.60. The molecular weight excluding hydrogens is 194 g/mol. The van der Waals surface area contributed by atoms with Gasteiger partial charge in [0.05, 0.1) is 5.56 Å². The van der Waals surface area contributed by atoms with Gasteiger partial charge >= 0.3 is 0 Å². The van der Waals surface area contributed by atoms with Crippen molar-refractivity contribution in [3.63, 3.8) is 0 Å². The zero-order chi connectivity index (χ0) is 10.7. The molecule has 2 rings (SSSR count). The van der Waals surface area contributed by atoms with Crippen LogP contribution in [0.5, 0.6) is 0 Å². The Labute approximate surface area is 86.9 Å². The first kappa shape index (κ1) is 9.92. The molecular formula is C10H13N3O2. The minimum absolute atomic E-state index is 0.139. The van der Waals surface area contributed by atoms with E-state index in [0.717, 1.165) is 19.5 Å². The van der Waals surface area contributed by atoms with Crippen LogP contribution >= 0.6 is 0 Å². The Kier molecular flexibility index (Phi) is 2.82. The first-order valence-electron chi connectivity index (χ1n) is 4.96. The number of hydrogen-bond acceptors (Lipinski definition) is 3. The van der Waals surface area contributed by atoms with Crippen LogP contribution in [0.25, 0.3) is 0 Å². The zero-order valence-electron chi connectivity index (χ0n) is 8.25. The van der Waals surface area contributed by atoms with Crippen molar-refractivity contribution in [2.24, 2.45) is 0 Å². The van der Waals surface area contributed by atoms with Crippen molar-refractivity contribution >= 4 is 5.91 Å². The first-order valence-corrected chi connectivity index (χ1v) is 4.96. The zero-order valence-corrected chi connectivity index (χ0v) is 8.25. The van der Waals surface area contributed by atoms with Gasteiger partial charge in [-0.1, -0.05) is 0 Å². The summed E-state index contributed by atoms with van der Waals surface area (Å²) in [5.41, 5.74) is 0.288. The lowest BCUT2D eigenvalue weighted by Crippen LogP contribution is -2.36. The van der Waals surface area contributed by atoms with Gasteiger partial charge in [0.1, 0.15) is 0 Å². The van der Waals surface area contributed by atoms with E-state index in [-0.39, 0.29) is 17.5 Å². The van der Waals surface area contributed by atoms with Crippen LogP contribution in [0, 0.1) is 0 Å². The Balaban J connectivity index is 2.01. The number of nitrogens with one attached hydrogen (secondary N) is 3. The number of carbonyl (C=O) groups is 1. The smallest absolute Gasteiger partial charge is 0.253 e. The van der Waals surface area contributed by atoms with Crippen LogP contribution in [0.1, 0.15) is 16.8 Å². The van der Waals surface area contributed by atoms with Crippen molar-refractivity contribution in [3.05, 3.63) is 34.2 Å². The van der Waals surface area contributed by atoms with Crippen LogP contribution in [0.2, 0.25) is 0 Å². The quantitative estimate of drug-likeness (QED) is 0.610. The van der Waals surface area contributed by atoms with E-state index in [9.17, 15) is 9.59 Å². The third-order valence-electron chi connectivity index (χ3n) is 2.44. The van der Waals surface area contributed by atoms with Gasteiger partial charge in [0.25, 0.3) is 5.91 Å². The molecule has 1 saturated heterocycles. The standard InChI is InChI=1S/C10H13N3O2/c14-9-2-1-7(5-12-9)10(15)13-8-3-4-11-6-8/h1-2,5,8,11H,3-4,6H2,(H,12,14)(H,13,15). The Morgan fingerprint density at radius 3 is 2.93 bits per heavy atom. The van der Waals surface area contributed by atoms with Crippen LogP contribution in [0.15, 0.2) is 23.1 Å². The van der Waals surface area contributed by atoms with E-state index in [0.29, 0.717) is 5.56 Å². The van der Waals surface area contributed by atoms with Crippen molar-refractivity contribution in [1.82, 2.24) is 15.6 Å². The topological polar surface area (TPSA) is 74.0 Å². The van der Waals surface area contributed by atoms with Crippen molar-refractivity contribution in [2.45, 2.75) is 12.5 Å². The molecule has 15 heavy (non-hydrogen) atoms. The number of aromatic amines is 1. The number of rotatable bonds is 2. The Morgan fingerprint density at radius 1 is 1.47 bits per heavy atom. The molecule has 80 valence electrons. The van der Waals surface area contributed by atoms with Crippen molar-refractivity contribution in [3.8, 4) is 0 Å². The van der Waals surface area contributed by atoms with E-state index < -0.39 is 0 Å². The number of hydrogen-bond donors (Lipinski definition) is 3. The van der Waals surface area contributed by atoms with Crippen molar-refractivity contribution < 1.29 is 4.79 Å². The Bertz CT molecular complexity index is 387. The molecule has 1 aromatic rings. The molecule has 0 aromatic carbocycles. The van der Waals surface area contributed by atoms with Gasteiger partial charge in [-0.05, 0) is 19.0 Å². The van der Waals surface area contributed by atoms with Crippen molar-refractivity contribution in [2.75, 3.05) is 13.1 Å². The Hall–Kier alpha value is -1.62. The van der Waals surface area contributed by atoms with Gasteiger partial charge in [-0.15, -0.1) is 0 Å². The molecule has 1 aliphatic heterocycles. The number of pyridine rings is 1. The highest BCUT2D eigenvalue weighted by atomic mass is 16.2. The highest BCUT2D eigenvalue weighted by Crippen LogP contribution is 2.00. The largest absolute Gasteiger partial charge is 0.348 e. The number of carbonyl (C=O) groups excluding carboxylic acids is 1. The van der Waals surface area contributed by atoms with Gasteiger partial charge in [0.2, 0.25) is 5.56 Å². The number of amides is 1. The molecule has 0 spiro atoms. The van der Waals surface area contributed by atoms with E-state index in [1.165, 1.54) is 18.3 Å². The van der Waals surface area contributed by atoms with Gasteiger partial charge < -0.3 is 15.6 Å². The predicted molar refractivity (Wildman–Crippen MR) is 55.8 cm³/mol. The third kappa shape index (κ3) is 2.44. The number of H-pyrrole nitrogens is 1. The normalized spacial score (nSPS) is 20.1. The van der Waals surface area contributed by atoms with Crippen LogP contribution < -0.4 is 16.2 Å². The molecule has 1 unspecified atom stereocenters. The molecule has 5 heteroatoms. The van der Waals surface area contributed by atoms with Crippen LogP contribution in [-0.2, 0) is 0 Å². The van der Waals surface area contributed by atoms with E-state index >= 15 is 0 Å². The predicted octanol–water partition coefficient (Wildman–Crippen LogP) is -0.533. The van der Waals surface area contributed by atoms with E-state index in [1.54, 1.807) is 0 Å². The average molecular weight is 207 g/mol. The molecule has 0 aliphatic carbocycles. The molecule has 2 heterocycles. The summed E-state index contributed by atoms with van der Waals surface area (Å²) in [6, 6.07) is 3.07. The maximum atomic E-state index is 11.7. The average Bonchev–Trinajstić information content (AvgIpc) is 2.71. The van der Waals surface area contributed by atoms with Crippen LogP contribution in [-0.4, -0.2) is 30.0 Å². The van der Waals surface area contributed by atoms with Crippen LogP contribution in [0.3, 0.4) is 0 Å².